The molecule has 26 nitrogen and oxygen atoms in total. The molecule has 0 saturated carbocycles. The Morgan fingerprint density at radius 2 is 0.870 bits per heavy atom. The number of amides is 9. The fraction of sp³-hybridized carbons (Fsp3) is 0.744. The summed E-state index contributed by atoms with van der Waals surface area (Å²) in [6.07, 6.45) is -3.29. The molecule has 0 aliphatic carbocycles. The number of nitrogens with one attached hydrogen (secondary N) is 8. The first-order chi connectivity index (χ1) is 32.2. The second-order valence-electron chi connectivity index (χ2n) is 17.5. The molecule has 0 aromatic carbocycles. The summed E-state index contributed by atoms with van der Waals surface area (Å²) < 4.78 is 0. The predicted molar refractivity (Wildman–Crippen MR) is 248 cm³/mol. The number of aliphatic carboxylic acids is 2. The second-order valence-corrected chi connectivity index (χ2v) is 17.5. The molecule has 9 amide bonds. The van der Waals surface area contributed by atoms with Gasteiger partial charge in [-0.05, 0) is 90.1 Å². The maximum absolute atomic E-state index is 13.9. The lowest BCUT2D eigenvalue weighted by Crippen LogP contribution is -2.63. The van der Waals surface area contributed by atoms with Crippen molar-refractivity contribution in [2.45, 2.75) is 180 Å². The van der Waals surface area contributed by atoms with Gasteiger partial charge in [-0.25, -0.2) is 0 Å². The van der Waals surface area contributed by atoms with Gasteiger partial charge in [-0.2, -0.15) is 0 Å². The molecule has 18 N–H and O–H groups in total. The third-order valence-corrected chi connectivity index (χ3v) is 10.8. The Bertz CT molecular complexity index is 1750. The normalized spacial score (nSPS) is 15.9. The minimum absolute atomic E-state index is 0.0228. The summed E-state index contributed by atoms with van der Waals surface area (Å²) in [4.78, 5) is 142. The van der Waals surface area contributed by atoms with Crippen LogP contribution in [0.1, 0.15) is 119 Å². The first-order valence-electron chi connectivity index (χ1n) is 23.1. The summed E-state index contributed by atoms with van der Waals surface area (Å²) in [6, 6.07) is -12.2. The number of nitrogens with two attached hydrogens (primary N) is 3. The summed E-state index contributed by atoms with van der Waals surface area (Å²) in [7, 11) is 0. The Labute approximate surface area is 401 Å². The first kappa shape index (κ1) is 63.0. The molecule has 0 radical (unpaired) electrons. The van der Waals surface area contributed by atoms with Crippen LogP contribution >= 0.6 is 0 Å². The van der Waals surface area contributed by atoms with Crippen LogP contribution in [0.5, 0.6) is 0 Å². The number of primary amides is 1. The van der Waals surface area contributed by atoms with Crippen molar-refractivity contribution in [3.8, 4) is 0 Å². The maximum atomic E-state index is 13.9. The molecule has 0 rings (SSSR count). The summed E-state index contributed by atoms with van der Waals surface area (Å²) in [5.74, 6) is -12.3. The van der Waals surface area contributed by atoms with E-state index in [-0.39, 0.29) is 44.6 Å². The minimum atomic E-state index is -1.87. The standard InChI is InChI=1S/C43H77N11O15/c1-8-22(4)33(52-38(64)28(47-25(7)57)15-16-31(58)59)41(67)53-35(24(6)56)43(69)54-34(23(5)55)42(68)49-27(14-10-12-18-45)37(63)51-30(20-32(60)61)40(66)50-29(19-21(2)3)39(65)48-26(36(46)62)13-9-11-17-44/h21-24,26-30,33-35,55-56H,8-20,44-45H2,1-7H3,(H2,46,62)(H,47,57)(H,48,65)(H,49,68)(H,50,66)(H,51,63)(H,52,64)(H,53,67)(H,54,69)(H,58,59)(H,60,61)/t22-,23+,24+,26-,27-,28-,29-,30-,33-,34-,35-/m0/s1. The molecule has 69 heavy (non-hydrogen) atoms. The number of rotatable bonds is 35. The topological polar surface area (TPSA) is 443 Å². The van der Waals surface area contributed by atoms with E-state index in [1.807, 2.05) is 0 Å². The molecule has 394 valence electrons. The van der Waals surface area contributed by atoms with Gasteiger partial charge < -0.3 is 80.2 Å². The van der Waals surface area contributed by atoms with Crippen molar-refractivity contribution in [1.29, 1.82) is 0 Å². The Kier molecular flexibility index (Phi) is 29.9. The fourth-order valence-corrected chi connectivity index (χ4v) is 6.74. The molecule has 0 unspecified atom stereocenters. The monoisotopic (exact) mass is 988 g/mol. The van der Waals surface area contributed by atoms with E-state index in [1.54, 1.807) is 27.7 Å². The van der Waals surface area contributed by atoms with Crippen molar-refractivity contribution < 1.29 is 73.2 Å². The highest BCUT2D eigenvalue weighted by Gasteiger charge is 2.38. The minimum Gasteiger partial charge on any atom is -0.481 e. The number of carboxylic acid groups (broad SMARTS) is 2. The van der Waals surface area contributed by atoms with Crippen LogP contribution in [-0.2, 0) is 52.7 Å². The van der Waals surface area contributed by atoms with Gasteiger partial charge in [-0.15, -0.1) is 0 Å². The molecule has 0 aromatic heterocycles. The number of carbonyl (C=O) groups is 11. The number of hydrogen-bond donors (Lipinski definition) is 15. The molecule has 0 heterocycles. The van der Waals surface area contributed by atoms with Crippen LogP contribution in [0.4, 0.5) is 0 Å². The highest BCUT2D eigenvalue weighted by Crippen LogP contribution is 2.13. The first-order valence-corrected chi connectivity index (χ1v) is 23.1. The van der Waals surface area contributed by atoms with Crippen LogP contribution < -0.4 is 59.7 Å². The molecule has 0 saturated heterocycles. The molecule has 0 bridgehead atoms. The zero-order chi connectivity index (χ0) is 53.1. The second kappa shape index (κ2) is 32.7. The Hall–Kier alpha value is -5.99. The van der Waals surface area contributed by atoms with E-state index in [4.69, 9.17) is 22.3 Å². The number of aliphatic hydroxyl groups excluding tert-OH is 2. The highest BCUT2D eigenvalue weighted by atomic mass is 16.4. The molecule has 11 atom stereocenters. The van der Waals surface area contributed by atoms with Gasteiger partial charge in [0.15, 0.2) is 0 Å². The van der Waals surface area contributed by atoms with Crippen molar-refractivity contribution in [1.82, 2.24) is 42.5 Å². The van der Waals surface area contributed by atoms with Gasteiger partial charge in [0.25, 0.3) is 0 Å². The largest absolute Gasteiger partial charge is 0.481 e. The molecule has 0 fully saturated rings. The van der Waals surface area contributed by atoms with Crippen molar-refractivity contribution in [2.24, 2.45) is 29.0 Å². The molecular weight excluding hydrogens is 911 g/mol. The van der Waals surface area contributed by atoms with Crippen LogP contribution in [0.15, 0.2) is 0 Å². The van der Waals surface area contributed by atoms with Gasteiger partial charge in [0.2, 0.25) is 53.2 Å². The number of unbranched alkanes of at least 4 members (excludes halogenated alkanes) is 2. The van der Waals surface area contributed by atoms with E-state index in [0.29, 0.717) is 32.2 Å². The van der Waals surface area contributed by atoms with Gasteiger partial charge in [0.05, 0.1) is 18.6 Å². The predicted octanol–water partition coefficient (Wildman–Crippen LogP) is -4.18. The van der Waals surface area contributed by atoms with Gasteiger partial charge in [0.1, 0.15) is 48.3 Å². The summed E-state index contributed by atoms with van der Waals surface area (Å²) in [6.45, 7) is 10.6. The summed E-state index contributed by atoms with van der Waals surface area (Å²) in [5, 5.41) is 59.2. The summed E-state index contributed by atoms with van der Waals surface area (Å²) in [5.41, 5.74) is 16.7. The lowest BCUT2D eigenvalue weighted by atomic mass is 9.96. The van der Waals surface area contributed by atoms with Crippen LogP contribution in [0, 0.1) is 11.8 Å². The van der Waals surface area contributed by atoms with Gasteiger partial charge in [-0.1, -0.05) is 34.1 Å². The number of carboxylic acids is 2. The van der Waals surface area contributed by atoms with E-state index in [2.05, 4.69) is 42.5 Å². The van der Waals surface area contributed by atoms with Gasteiger partial charge >= 0.3 is 11.9 Å². The molecule has 0 aliphatic rings. The van der Waals surface area contributed by atoms with Crippen molar-refractivity contribution in [3.63, 3.8) is 0 Å². The Balaban J connectivity index is 6.53. The van der Waals surface area contributed by atoms with Crippen molar-refractivity contribution in [2.75, 3.05) is 13.1 Å². The van der Waals surface area contributed by atoms with E-state index in [0.717, 1.165) is 20.8 Å². The van der Waals surface area contributed by atoms with E-state index in [1.165, 1.54) is 0 Å². The van der Waals surface area contributed by atoms with Crippen molar-refractivity contribution in [3.05, 3.63) is 0 Å². The average molecular weight is 988 g/mol. The van der Waals surface area contributed by atoms with Crippen LogP contribution in [0.25, 0.3) is 0 Å². The molecular formula is C43H77N11O15. The SMILES string of the molecule is CC[C@H](C)[C@H](NC(=O)[C@H](CCC(=O)O)NC(C)=O)C(=O)N[C@H](C(=O)N[C@H](C(=O)N[C@@H](CCCCN)C(=O)N[C@@H](CC(=O)O)C(=O)N[C@@H](CC(C)C)C(=O)N[C@@H](CCCCN)C(N)=O)[C@@H](C)O)[C@@H](C)O. The van der Waals surface area contributed by atoms with Crippen LogP contribution in [0.2, 0.25) is 0 Å². The van der Waals surface area contributed by atoms with Gasteiger partial charge in [0, 0.05) is 13.3 Å². The smallest absolute Gasteiger partial charge is 0.305 e. The summed E-state index contributed by atoms with van der Waals surface area (Å²) >= 11 is 0. The highest BCUT2D eigenvalue weighted by molar-refractivity contribution is 5.99. The molecule has 26 heteroatoms. The fourth-order valence-electron chi connectivity index (χ4n) is 6.74. The lowest BCUT2D eigenvalue weighted by molar-refractivity contribution is -0.142. The van der Waals surface area contributed by atoms with Crippen LogP contribution in [-0.4, -0.2) is 159 Å². The van der Waals surface area contributed by atoms with Gasteiger partial charge in [-0.3, -0.25) is 52.7 Å². The van der Waals surface area contributed by atoms with Crippen LogP contribution in [0.3, 0.4) is 0 Å². The number of aliphatic hydroxyl groups is 2. The van der Waals surface area contributed by atoms with E-state index in [9.17, 15) is 68.1 Å². The quantitative estimate of drug-likeness (QED) is 0.0268. The Morgan fingerprint density at radius 1 is 0.478 bits per heavy atom. The molecule has 0 spiro atoms. The maximum Gasteiger partial charge on any atom is 0.305 e. The number of hydrogen-bond acceptors (Lipinski definition) is 15. The molecule has 0 aromatic rings. The average Bonchev–Trinajstić information content (AvgIpc) is 3.25. The van der Waals surface area contributed by atoms with Crippen molar-refractivity contribution >= 4 is 65.1 Å². The lowest BCUT2D eigenvalue weighted by Gasteiger charge is -2.30. The van der Waals surface area contributed by atoms with E-state index >= 15 is 0 Å². The zero-order valence-corrected chi connectivity index (χ0v) is 40.6. The van der Waals surface area contributed by atoms with E-state index < -0.39 is 144 Å². The molecule has 0 aliphatic heterocycles. The number of carbonyl (C=O) groups excluding carboxylic acids is 9. The Morgan fingerprint density at radius 3 is 1.30 bits per heavy atom. The zero-order valence-electron chi connectivity index (χ0n) is 40.6. The third kappa shape index (κ3) is 24.7. The third-order valence-electron chi connectivity index (χ3n) is 10.8.